The molecule has 2 N–H and O–H groups in total. The fraction of sp³-hybridized carbons (Fsp3) is 0.417. The molecule has 0 saturated carbocycles. The predicted octanol–water partition coefficient (Wildman–Crippen LogP) is 1.98. The first-order valence-electron chi connectivity index (χ1n) is 5.11. The summed E-state index contributed by atoms with van der Waals surface area (Å²) in [5, 5.41) is 11.4. The SMILES string of the molecule is CC(C)c1ccccc1CNCC(=O)O. The van der Waals surface area contributed by atoms with Crippen LogP contribution in [0, 0.1) is 0 Å². The molecule has 0 aliphatic carbocycles. The van der Waals surface area contributed by atoms with Crippen LogP contribution >= 0.6 is 0 Å². The number of carboxylic acids is 1. The molecule has 1 rings (SSSR count). The Balaban J connectivity index is 2.63. The van der Waals surface area contributed by atoms with E-state index in [2.05, 4.69) is 25.2 Å². The summed E-state index contributed by atoms with van der Waals surface area (Å²) in [5.41, 5.74) is 2.45. The zero-order valence-corrected chi connectivity index (χ0v) is 9.16. The molecule has 0 aromatic heterocycles. The van der Waals surface area contributed by atoms with Gasteiger partial charge in [-0.2, -0.15) is 0 Å². The summed E-state index contributed by atoms with van der Waals surface area (Å²) < 4.78 is 0. The number of nitrogens with one attached hydrogen (secondary N) is 1. The molecule has 15 heavy (non-hydrogen) atoms. The van der Waals surface area contributed by atoms with Crippen molar-refractivity contribution in [2.24, 2.45) is 0 Å². The van der Waals surface area contributed by atoms with Crippen molar-refractivity contribution in [3.05, 3.63) is 35.4 Å². The minimum absolute atomic E-state index is 0.00638. The molecular weight excluding hydrogens is 190 g/mol. The van der Waals surface area contributed by atoms with Crippen LogP contribution in [0.5, 0.6) is 0 Å². The normalized spacial score (nSPS) is 10.6. The highest BCUT2D eigenvalue weighted by Gasteiger charge is 2.05. The summed E-state index contributed by atoms with van der Waals surface area (Å²) in [6, 6.07) is 8.10. The van der Waals surface area contributed by atoms with Crippen LogP contribution in [0.2, 0.25) is 0 Å². The molecule has 82 valence electrons. The van der Waals surface area contributed by atoms with Gasteiger partial charge in [0.2, 0.25) is 0 Å². The highest BCUT2D eigenvalue weighted by molar-refractivity contribution is 5.69. The van der Waals surface area contributed by atoms with Crippen molar-refractivity contribution in [1.29, 1.82) is 0 Å². The van der Waals surface area contributed by atoms with Gasteiger partial charge in [0.1, 0.15) is 0 Å². The smallest absolute Gasteiger partial charge is 0.317 e. The van der Waals surface area contributed by atoms with E-state index in [4.69, 9.17) is 5.11 Å². The van der Waals surface area contributed by atoms with Crippen molar-refractivity contribution in [2.45, 2.75) is 26.3 Å². The van der Waals surface area contributed by atoms with E-state index in [1.165, 1.54) is 11.1 Å². The van der Waals surface area contributed by atoms with E-state index in [9.17, 15) is 4.79 Å². The Bertz CT molecular complexity index is 334. The lowest BCUT2D eigenvalue weighted by Crippen LogP contribution is -2.22. The highest BCUT2D eigenvalue weighted by Crippen LogP contribution is 2.18. The molecule has 0 heterocycles. The van der Waals surface area contributed by atoms with E-state index in [-0.39, 0.29) is 6.54 Å². The van der Waals surface area contributed by atoms with Gasteiger partial charge in [-0.1, -0.05) is 38.1 Å². The molecule has 0 bridgehead atoms. The van der Waals surface area contributed by atoms with Crippen LogP contribution in [0.3, 0.4) is 0 Å². The Morgan fingerprint density at radius 1 is 1.40 bits per heavy atom. The van der Waals surface area contributed by atoms with Crippen LogP contribution in [0.25, 0.3) is 0 Å². The number of hydrogen-bond donors (Lipinski definition) is 2. The molecule has 0 aliphatic rings. The van der Waals surface area contributed by atoms with Gasteiger partial charge in [-0.25, -0.2) is 0 Å². The Kier molecular flexibility index (Phi) is 4.31. The van der Waals surface area contributed by atoms with Crippen molar-refractivity contribution in [3.63, 3.8) is 0 Å². The molecule has 0 unspecified atom stereocenters. The van der Waals surface area contributed by atoms with Crippen LogP contribution in [-0.2, 0) is 11.3 Å². The molecule has 3 heteroatoms. The summed E-state index contributed by atoms with van der Waals surface area (Å²) >= 11 is 0. The molecule has 0 saturated heterocycles. The van der Waals surface area contributed by atoms with Crippen LogP contribution in [0.15, 0.2) is 24.3 Å². The Morgan fingerprint density at radius 2 is 2.07 bits per heavy atom. The van der Waals surface area contributed by atoms with Gasteiger partial charge < -0.3 is 10.4 Å². The molecule has 0 fully saturated rings. The van der Waals surface area contributed by atoms with E-state index in [1.54, 1.807) is 0 Å². The highest BCUT2D eigenvalue weighted by atomic mass is 16.4. The van der Waals surface area contributed by atoms with Gasteiger partial charge in [-0.15, -0.1) is 0 Å². The Hall–Kier alpha value is -1.35. The van der Waals surface area contributed by atoms with Crippen LogP contribution in [0.1, 0.15) is 30.9 Å². The number of rotatable bonds is 5. The summed E-state index contributed by atoms with van der Waals surface area (Å²) in [7, 11) is 0. The third kappa shape index (κ3) is 3.72. The van der Waals surface area contributed by atoms with Crippen LogP contribution in [0.4, 0.5) is 0 Å². The van der Waals surface area contributed by atoms with Gasteiger partial charge in [0.15, 0.2) is 0 Å². The third-order valence-corrected chi connectivity index (χ3v) is 2.27. The van der Waals surface area contributed by atoms with Crippen molar-refractivity contribution < 1.29 is 9.90 Å². The molecular formula is C12H17NO2. The Morgan fingerprint density at radius 3 is 2.67 bits per heavy atom. The van der Waals surface area contributed by atoms with E-state index in [0.717, 1.165) is 0 Å². The van der Waals surface area contributed by atoms with Crippen molar-refractivity contribution in [3.8, 4) is 0 Å². The van der Waals surface area contributed by atoms with Gasteiger partial charge in [0, 0.05) is 6.54 Å². The number of hydrogen-bond acceptors (Lipinski definition) is 2. The summed E-state index contributed by atoms with van der Waals surface area (Å²) in [6.07, 6.45) is 0. The molecule has 0 aliphatic heterocycles. The topological polar surface area (TPSA) is 49.3 Å². The van der Waals surface area contributed by atoms with E-state index < -0.39 is 5.97 Å². The van der Waals surface area contributed by atoms with Gasteiger partial charge in [0.25, 0.3) is 0 Å². The van der Waals surface area contributed by atoms with E-state index in [0.29, 0.717) is 12.5 Å². The second kappa shape index (κ2) is 5.51. The predicted molar refractivity (Wildman–Crippen MR) is 59.9 cm³/mol. The largest absolute Gasteiger partial charge is 0.480 e. The first-order valence-corrected chi connectivity index (χ1v) is 5.11. The summed E-state index contributed by atoms with van der Waals surface area (Å²) in [4.78, 5) is 10.3. The number of carboxylic acid groups (broad SMARTS) is 1. The molecule has 0 spiro atoms. The van der Waals surface area contributed by atoms with Crippen LogP contribution < -0.4 is 5.32 Å². The monoisotopic (exact) mass is 207 g/mol. The van der Waals surface area contributed by atoms with Crippen molar-refractivity contribution in [2.75, 3.05) is 6.54 Å². The first kappa shape index (κ1) is 11.7. The maximum atomic E-state index is 10.3. The van der Waals surface area contributed by atoms with Gasteiger partial charge in [-0.05, 0) is 17.0 Å². The second-order valence-corrected chi connectivity index (χ2v) is 3.85. The fourth-order valence-corrected chi connectivity index (χ4v) is 1.56. The summed E-state index contributed by atoms with van der Waals surface area (Å²) in [6.45, 7) is 4.89. The Labute approximate surface area is 90.1 Å². The summed E-state index contributed by atoms with van der Waals surface area (Å²) in [5.74, 6) is -0.357. The zero-order chi connectivity index (χ0) is 11.3. The molecule has 3 nitrogen and oxygen atoms in total. The lowest BCUT2D eigenvalue weighted by atomic mass is 9.97. The first-order chi connectivity index (χ1) is 7.11. The molecule has 0 atom stereocenters. The van der Waals surface area contributed by atoms with Crippen molar-refractivity contribution >= 4 is 5.97 Å². The third-order valence-electron chi connectivity index (χ3n) is 2.27. The fourth-order valence-electron chi connectivity index (χ4n) is 1.56. The standard InChI is InChI=1S/C12H17NO2/c1-9(2)11-6-4-3-5-10(11)7-13-8-12(14)15/h3-6,9,13H,7-8H2,1-2H3,(H,14,15). The van der Waals surface area contributed by atoms with E-state index >= 15 is 0 Å². The molecule has 0 radical (unpaired) electrons. The maximum absolute atomic E-state index is 10.3. The van der Waals surface area contributed by atoms with Crippen LogP contribution in [-0.4, -0.2) is 17.6 Å². The number of carbonyl (C=O) groups is 1. The average Bonchev–Trinajstić information content (AvgIpc) is 2.17. The van der Waals surface area contributed by atoms with E-state index in [1.807, 2.05) is 18.2 Å². The van der Waals surface area contributed by atoms with Gasteiger partial charge in [0.05, 0.1) is 6.54 Å². The average molecular weight is 207 g/mol. The number of aliphatic carboxylic acids is 1. The number of benzene rings is 1. The quantitative estimate of drug-likeness (QED) is 0.776. The maximum Gasteiger partial charge on any atom is 0.317 e. The molecule has 1 aromatic carbocycles. The van der Waals surface area contributed by atoms with Gasteiger partial charge in [-0.3, -0.25) is 4.79 Å². The van der Waals surface area contributed by atoms with Crippen molar-refractivity contribution in [1.82, 2.24) is 5.32 Å². The zero-order valence-electron chi connectivity index (χ0n) is 9.16. The lowest BCUT2D eigenvalue weighted by Gasteiger charge is -2.12. The lowest BCUT2D eigenvalue weighted by molar-refractivity contribution is -0.135. The molecule has 1 aromatic rings. The second-order valence-electron chi connectivity index (χ2n) is 3.85. The molecule has 0 amide bonds. The minimum Gasteiger partial charge on any atom is -0.480 e. The van der Waals surface area contributed by atoms with Gasteiger partial charge >= 0.3 is 5.97 Å². The minimum atomic E-state index is -0.822.